The fraction of sp³-hybridized carbons (Fsp3) is 0.143. The highest BCUT2D eigenvalue weighted by Gasteiger charge is 2.07. The van der Waals surface area contributed by atoms with Gasteiger partial charge < -0.3 is 14.8 Å². The minimum Gasteiger partial charge on any atom is -0.493 e. The van der Waals surface area contributed by atoms with Gasteiger partial charge in [-0.25, -0.2) is 4.98 Å². The number of nitrogens with one attached hydrogen (secondary N) is 1. The Hall–Kier alpha value is -3.90. The summed E-state index contributed by atoms with van der Waals surface area (Å²) in [6.07, 6.45) is 3.27. The SMILES string of the molecule is CCOc1ccc(/C=C/C(=O)NCc2ccc(-c3nc(-c4ccccc4)cs3)cc2)cc1OC. The van der Waals surface area contributed by atoms with Crippen LogP contribution in [0, 0.1) is 0 Å². The van der Waals surface area contributed by atoms with E-state index in [0.717, 1.165) is 33.0 Å². The Bertz CT molecular complexity index is 1260. The van der Waals surface area contributed by atoms with Crippen LogP contribution in [0.25, 0.3) is 27.9 Å². The maximum Gasteiger partial charge on any atom is 0.244 e. The van der Waals surface area contributed by atoms with E-state index in [-0.39, 0.29) is 5.91 Å². The maximum atomic E-state index is 12.3. The van der Waals surface area contributed by atoms with E-state index >= 15 is 0 Å². The number of aromatic nitrogens is 1. The van der Waals surface area contributed by atoms with E-state index in [2.05, 4.69) is 22.8 Å². The first-order valence-electron chi connectivity index (χ1n) is 11.0. The first-order valence-corrected chi connectivity index (χ1v) is 11.9. The summed E-state index contributed by atoms with van der Waals surface area (Å²) >= 11 is 1.63. The van der Waals surface area contributed by atoms with Gasteiger partial charge in [0.05, 0.1) is 19.4 Å². The molecule has 1 aromatic heterocycles. The smallest absolute Gasteiger partial charge is 0.244 e. The molecule has 0 aliphatic heterocycles. The van der Waals surface area contributed by atoms with E-state index in [1.807, 2.05) is 67.6 Å². The minimum atomic E-state index is -0.163. The summed E-state index contributed by atoms with van der Waals surface area (Å²) in [6, 6.07) is 23.8. The van der Waals surface area contributed by atoms with Gasteiger partial charge in [-0.3, -0.25) is 4.79 Å². The Morgan fingerprint density at radius 2 is 1.79 bits per heavy atom. The number of methoxy groups -OCH3 is 1. The molecule has 34 heavy (non-hydrogen) atoms. The van der Waals surface area contributed by atoms with Crippen molar-refractivity contribution in [3.63, 3.8) is 0 Å². The number of hydrogen-bond donors (Lipinski definition) is 1. The molecule has 3 aromatic carbocycles. The number of ether oxygens (including phenoxy) is 2. The third-order valence-electron chi connectivity index (χ3n) is 5.16. The van der Waals surface area contributed by atoms with Crippen molar-refractivity contribution in [3.05, 3.63) is 95.4 Å². The van der Waals surface area contributed by atoms with E-state index in [1.54, 1.807) is 24.5 Å². The lowest BCUT2D eigenvalue weighted by molar-refractivity contribution is -0.116. The number of carbonyl (C=O) groups excluding carboxylic acids is 1. The summed E-state index contributed by atoms with van der Waals surface area (Å²) in [7, 11) is 1.60. The molecule has 6 heteroatoms. The average molecular weight is 471 g/mol. The van der Waals surface area contributed by atoms with Crippen molar-refractivity contribution in [2.24, 2.45) is 0 Å². The molecule has 0 saturated heterocycles. The molecule has 0 unspecified atom stereocenters. The molecule has 1 heterocycles. The molecular weight excluding hydrogens is 444 g/mol. The predicted octanol–water partition coefficient (Wildman–Crippen LogP) is 6.21. The molecule has 4 rings (SSSR count). The van der Waals surface area contributed by atoms with E-state index < -0.39 is 0 Å². The van der Waals surface area contributed by atoms with Gasteiger partial charge in [-0.05, 0) is 36.3 Å². The van der Waals surface area contributed by atoms with Gasteiger partial charge in [0.25, 0.3) is 0 Å². The zero-order valence-electron chi connectivity index (χ0n) is 19.2. The van der Waals surface area contributed by atoms with E-state index in [9.17, 15) is 4.79 Å². The van der Waals surface area contributed by atoms with Gasteiger partial charge in [0.1, 0.15) is 5.01 Å². The van der Waals surface area contributed by atoms with Crippen LogP contribution in [0.5, 0.6) is 11.5 Å². The van der Waals surface area contributed by atoms with Crippen molar-refractivity contribution < 1.29 is 14.3 Å². The van der Waals surface area contributed by atoms with Crippen molar-refractivity contribution in [1.82, 2.24) is 10.3 Å². The maximum absolute atomic E-state index is 12.3. The quantitative estimate of drug-likeness (QED) is 0.295. The second-order valence-electron chi connectivity index (χ2n) is 7.50. The lowest BCUT2D eigenvalue weighted by Crippen LogP contribution is -2.20. The van der Waals surface area contributed by atoms with Gasteiger partial charge in [-0.2, -0.15) is 0 Å². The highest BCUT2D eigenvalue weighted by molar-refractivity contribution is 7.13. The van der Waals surface area contributed by atoms with Crippen molar-refractivity contribution in [2.45, 2.75) is 13.5 Å². The highest BCUT2D eigenvalue weighted by Crippen LogP contribution is 2.29. The van der Waals surface area contributed by atoms with Crippen molar-refractivity contribution >= 4 is 23.3 Å². The predicted molar refractivity (Wildman–Crippen MR) is 138 cm³/mol. The molecule has 5 nitrogen and oxygen atoms in total. The lowest BCUT2D eigenvalue weighted by Gasteiger charge is -2.09. The summed E-state index contributed by atoms with van der Waals surface area (Å²) in [4.78, 5) is 17.0. The van der Waals surface area contributed by atoms with Crippen molar-refractivity contribution in [1.29, 1.82) is 0 Å². The highest BCUT2D eigenvalue weighted by atomic mass is 32.1. The molecule has 0 bridgehead atoms. The lowest BCUT2D eigenvalue weighted by atomic mass is 10.1. The summed E-state index contributed by atoms with van der Waals surface area (Å²) < 4.78 is 10.9. The van der Waals surface area contributed by atoms with Gasteiger partial charge in [0.2, 0.25) is 5.91 Å². The van der Waals surface area contributed by atoms with Crippen LogP contribution in [0.3, 0.4) is 0 Å². The number of benzene rings is 3. The number of amides is 1. The van der Waals surface area contributed by atoms with Gasteiger partial charge in [0.15, 0.2) is 11.5 Å². The molecule has 0 radical (unpaired) electrons. The van der Waals surface area contributed by atoms with Crippen molar-refractivity contribution in [3.8, 4) is 33.3 Å². The Morgan fingerprint density at radius 1 is 1.00 bits per heavy atom. The molecule has 0 aliphatic rings. The zero-order valence-corrected chi connectivity index (χ0v) is 20.0. The molecule has 4 aromatic rings. The molecule has 0 saturated carbocycles. The fourth-order valence-electron chi connectivity index (χ4n) is 3.40. The first kappa shape index (κ1) is 23.3. The normalized spacial score (nSPS) is 10.9. The summed E-state index contributed by atoms with van der Waals surface area (Å²) in [5.41, 5.74) is 5.03. The second kappa shape index (κ2) is 11.3. The Kier molecular flexibility index (Phi) is 7.73. The van der Waals surface area contributed by atoms with Crippen LogP contribution < -0.4 is 14.8 Å². The van der Waals surface area contributed by atoms with E-state index in [1.165, 1.54) is 6.08 Å². The molecule has 0 aliphatic carbocycles. The van der Waals surface area contributed by atoms with Gasteiger partial charge in [-0.1, -0.05) is 60.7 Å². The first-order chi connectivity index (χ1) is 16.7. The third kappa shape index (κ3) is 5.91. The molecule has 1 amide bonds. The molecule has 172 valence electrons. The Morgan fingerprint density at radius 3 is 2.53 bits per heavy atom. The minimum absolute atomic E-state index is 0.163. The number of hydrogen-bond acceptors (Lipinski definition) is 5. The average Bonchev–Trinajstić information content (AvgIpc) is 3.38. The molecule has 1 N–H and O–H groups in total. The molecule has 0 spiro atoms. The van der Waals surface area contributed by atoms with Crippen LogP contribution in [0.2, 0.25) is 0 Å². The van der Waals surface area contributed by atoms with Crippen LogP contribution in [0.15, 0.2) is 84.3 Å². The van der Waals surface area contributed by atoms with Gasteiger partial charge >= 0.3 is 0 Å². The van der Waals surface area contributed by atoms with Crippen LogP contribution in [-0.4, -0.2) is 24.6 Å². The second-order valence-corrected chi connectivity index (χ2v) is 8.35. The monoisotopic (exact) mass is 470 g/mol. The topological polar surface area (TPSA) is 60.5 Å². The number of carbonyl (C=O) groups is 1. The zero-order chi connectivity index (χ0) is 23.8. The summed E-state index contributed by atoms with van der Waals surface area (Å²) in [6.45, 7) is 2.93. The van der Waals surface area contributed by atoms with Crippen LogP contribution in [0.1, 0.15) is 18.1 Å². The molecule has 0 atom stereocenters. The largest absolute Gasteiger partial charge is 0.493 e. The number of nitrogens with zero attached hydrogens (tertiary/aromatic N) is 1. The molecule has 0 fully saturated rings. The van der Waals surface area contributed by atoms with E-state index in [0.29, 0.717) is 24.7 Å². The standard InChI is InChI=1S/C28H26N2O3S/c1-3-33-25-15-11-20(17-26(25)32-2)12-16-27(31)29-18-21-9-13-23(14-10-21)28-30-24(19-34-28)22-7-5-4-6-8-22/h4-17,19H,3,18H2,1-2H3,(H,29,31)/b16-12+. The third-order valence-corrected chi connectivity index (χ3v) is 6.05. The fourth-order valence-corrected chi connectivity index (χ4v) is 4.23. The van der Waals surface area contributed by atoms with Crippen LogP contribution in [-0.2, 0) is 11.3 Å². The summed E-state index contributed by atoms with van der Waals surface area (Å²) in [5, 5.41) is 5.97. The number of rotatable bonds is 9. The van der Waals surface area contributed by atoms with Gasteiger partial charge in [-0.15, -0.1) is 11.3 Å². The van der Waals surface area contributed by atoms with E-state index in [4.69, 9.17) is 14.5 Å². The van der Waals surface area contributed by atoms with Crippen LogP contribution in [0.4, 0.5) is 0 Å². The van der Waals surface area contributed by atoms with Crippen LogP contribution >= 0.6 is 11.3 Å². The summed E-state index contributed by atoms with van der Waals surface area (Å²) in [5.74, 6) is 1.16. The van der Waals surface area contributed by atoms with Crippen molar-refractivity contribution in [2.75, 3.05) is 13.7 Å². The number of thiazole rings is 1. The molecular formula is C28H26N2O3S. The van der Waals surface area contributed by atoms with Gasteiger partial charge in [0, 0.05) is 29.1 Å². The Balaban J connectivity index is 1.33. The Labute approximate surface area is 203 Å².